The first-order valence-electron chi connectivity index (χ1n) is 9.29. The zero-order chi connectivity index (χ0) is 22.1. The summed E-state index contributed by atoms with van der Waals surface area (Å²) in [6, 6.07) is 8.63. The monoisotopic (exact) mass is 427 g/mol. The van der Waals surface area contributed by atoms with Crippen LogP contribution in [-0.2, 0) is 11.3 Å². The van der Waals surface area contributed by atoms with E-state index in [1.165, 1.54) is 45.8 Å². The van der Waals surface area contributed by atoms with E-state index in [2.05, 4.69) is 15.4 Å². The van der Waals surface area contributed by atoms with Crippen LogP contribution in [0.15, 0.2) is 53.5 Å². The third-order valence-corrected chi connectivity index (χ3v) is 4.71. The van der Waals surface area contributed by atoms with Crippen molar-refractivity contribution in [2.24, 2.45) is 0 Å². The molecule has 2 aromatic carbocycles. The highest BCUT2D eigenvalue weighted by atomic mass is 19.2. The number of aromatic nitrogens is 4. The van der Waals surface area contributed by atoms with Crippen molar-refractivity contribution in [2.75, 3.05) is 5.32 Å². The van der Waals surface area contributed by atoms with Gasteiger partial charge in [-0.25, -0.2) is 22.8 Å². The summed E-state index contributed by atoms with van der Waals surface area (Å²) in [4.78, 5) is 29.5. The lowest BCUT2D eigenvalue weighted by molar-refractivity contribution is -0.116. The minimum atomic E-state index is -1.07. The van der Waals surface area contributed by atoms with Gasteiger partial charge in [-0.3, -0.25) is 14.2 Å². The second-order valence-electron chi connectivity index (χ2n) is 6.81. The number of nitrogens with zero attached hydrogens (tertiary/aromatic N) is 4. The van der Waals surface area contributed by atoms with Crippen LogP contribution >= 0.6 is 0 Å². The average molecular weight is 427 g/mol. The van der Waals surface area contributed by atoms with Crippen LogP contribution < -0.4 is 10.9 Å². The first-order valence-corrected chi connectivity index (χ1v) is 9.29. The minimum Gasteiger partial charge on any atom is -0.326 e. The first-order chi connectivity index (χ1) is 14.8. The molecule has 0 saturated carbocycles. The Morgan fingerprint density at radius 1 is 1.06 bits per heavy atom. The third-order valence-electron chi connectivity index (χ3n) is 4.71. The van der Waals surface area contributed by atoms with Gasteiger partial charge in [-0.05, 0) is 43.3 Å². The van der Waals surface area contributed by atoms with Crippen LogP contribution in [-0.4, -0.2) is 25.2 Å². The molecule has 0 radical (unpaired) electrons. The highest BCUT2D eigenvalue weighted by Gasteiger charge is 2.15. The number of benzene rings is 2. The van der Waals surface area contributed by atoms with E-state index in [1.54, 1.807) is 6.92 Å². The summed E-state index contributed by atoms with van der Waals surface area (Å²) in [5.74, 6) is -2.59. The van der Waals surface area contributed by atoms with Crippen molar-refractivity contribution in [1.82, 2.24) is 19.3 Å². The molecule has 10 heteroatoms. The van der Waals surface area contributed by atoms with Gasteiger partial charge in [0.15, 0.2) is 17.3 Å². The van der Waals surface area contributed by atoms with E-state index < -0.39 is 23.4 Å². The zero-order valence-electron chi connectivity index (χ0n) is 16.3. The molecule has 2 aromatic heterocycles. The lowest BCUT2D eigenvalue weighted by Gasteiger charge is -2.11. The van der Waals surface area contributed by atoms with Crippen molar-refractivity contribution in [2.45, 2.75) is 19.9 Å². The number of carbonyl (C=O) groups is 1. The van der Waals surface area contributed by atoms with Gasteiger partial charge in [0.1, 0.15) is 17.0 Å². The van der Waals surface area contributed by atoms with Crippen LogP contribution in [0.2, 0.25) is 0 Å². The summed E-state index contributed by atoms with van der Waals surface area (Å²) in [6.45, 7) is 1.65. The van der Waals surface area contributed by atoms with Crippen LogP contribution in [0.25, 0.3) is 16.7 Å². The molecule has 0 unspecified atom stereocenters. The highest BCUT2D eigenvalue weighted by Crippen LogP contribution is 2.16. The summed E-state index contributed by atoms with van der Waals surface area (Å²) in [5, 5.41) is 6.88. The van der Waals surface area contributed by atoms with Crippen molar-refractivity contribution in [3.8, 4) is 5.69 Å². The average Bonchev–Trinajstić information content (AvgIpc) is 3.15. The topological polar surface area (TPSA) is 81.8 Å². The van der Waals surface area contributed by atoms with Gasteiger partial charge >= 0.3 is 0 Å². The molecular formula is C21H16F3N5O2. The van der Waals surface area contributed by atoms with Crippen molar-refractivity contribution in [3.63, 3.8) is 0 Å². The molecule has 2 heterocycles. The molecule has 0 aliphatic heterocycles. The molecule has 0 bridgehead atoms. The molecule has 1 amide bonds. The second kappa shape index (κ2) is 8.05. The number of nitrogens with one attached hydrogen (secondary N) is 1. The largest absolute Gasteiger partial charge is 0.326 e. The molecule has 7 nitrogen and oxygen atoms in total. The SMILES string of the molecule is Cc1nc2c(cnn2-c2ccc(F)cc2)c(=O)n1CCC(=O)Nc1ccc(F)c(F)c1. The third kappa shape index (κ3) is 4.04. The number of halogens is 3. The zero-order valence-corrected chi connectivity index (χ0v) is 16.3. The van der Waals surface area contributed by atoms with Crippen molar-refractivity contribution in [3.05, 3.63) is 82.3 Å². The van der Waals surface area contributed by atoms with E-state index in [-0.39, 0.29) is 29.6 Å². The Morgan fingerprint density at radius 2 is 1.81 bits per heavy atom. The lowest BCUT2D eigenvalue weighted by Crippen LogP contribution is -2.26. The Labute approximate surface area is 173 Å². The van der Waals surface area contributed by atoms with Gasteiger partial charge in [0.2, 0.25) is 5.91 Å². The minimum absolute atomic E-state index is 0.0326. The maximum Gasteiger partial charge on any atom is 0.264 e. The van der Waals surface area contributed by atoms with Crippen molar-refractivity contribution >= 4 is 22.6 Å². The Balaban J connectivity index is 1.55. The number of carbonyl (C=O) groups excluding carboxylic acids is 1. The number of hydrogen-bond acceptors (Lipinski definition) is 4. The molecule has 4 rings (SSSR count). The van der Waals surface area contributed by atoms with Crippen molar-refractivity contribution < 1.29 is 18.0 Å². The fraction of sp³-hybridized carbons (Fsp3) is 0.143. The molecule has 0 spiro atoms. The number of anilines is 1. The molecular weight excluding hydrogens is 411 g/mol. The van der Waals surface area contributed by atoms with E-state index >= 15 is 0 Å². The summed E-state index contributed by atoms with van der Waals surface area (Å²) in [6.07, 6.45) is 1.28. The molecule has 0 aliphatic rings. The van der Waals surface area contributed by atoms with Gasteiger partial charge in [-0.1, -0.05) is 0 Å². The maximum absolute atomic E-state index is 13.3. The summed E-state index contributed by atoms with van der Waals surface area (Å²) < 4.78 is 42.2. The van der Waals surface area contributed by atoms with Crippen LogP contribution in [0.3, 0.4) is 0 Å². The molecule has 0 atom stereocenters. The smallest absolute Gasteiger partial charge is 0.264 e. The van der Waals surface area contributed by atoms with E-state index in [0.717, 1.165) is 12.1 Å². The Hall–Kier alpha value is -3.95. The number of amides is 1. The van der Waals surface area contributed by atoms with Gasteiger partial charge in [-0.15, -0.1) is 0 Å². The summed E-state index contributed by atoms with van der Waals surface area (Å²) in [7, 11) is 0. The lowest BCUT2D eigenvalue weighted by atomic mass is 10.3. The van der Waals surface area contributed by atoms with E-state index in [4.69, 9.17) is 0 Å². The summed E-state index contributed by atoms with van der Waals surface area (Å²) >= 11 is 0. The van der Waals surface area contributed by atoms with Crippen LogP contribution in [0.5, 0.6) is 0 Å². The Bertz CT molecular complexity index is 1350. The predicted molar refractivity (Wildman–Crippen MR) is 107 cm³/mol. The van der Waals surface area contributed by atoms with Gasteiger partial charge in [0.25, 0.3) is 5.56 Å². The molecule has 158 valence electrons. The quantitative estimate of drug-likeness (QED) is 0.530. The fourth-order valence-electron chi connectivity index (χ4n) is 3.15. The number of aryl methyl sites for hydroxylation is 1. The molecule has 0 aliphatic carbocycles. The van der Waals surface area contributed by atoms with Crippen molar-refractivity contribution in [1.29, 1.82) is 0 Å². The number of rotatable bonds is 5. The van der Waals surface area contributed by atoms with Crippen LogP contribution in [0.1, 0.15) is 12.2 Å². The Kier molecular flexibility index (Phi) is 5.28. The van der Waals surface area contributed by atoms with Gasteiger partial charge < -0.3 is 5.32 Å². The van der Waals surface area contributed by atoms with Gasteiger partial charge in [0.05, 0.1) is 11.9 Å². The molecule has 1 N–H and O–H groups in total. The van der Waals surface area contributed by atoms with Crippen LogP contribution in [0, 0.1) is 24.4 Å². The second-order valence-corrected chi connectivity index (χ2v) is 6.81. The molecule has 0 fully saturated rings. The molecule has 4 aromatic rings. The maximum atomic E-state index is 13.3. The predicted octanol–water partition coefficient (Wildman–Crippen LogP) is 3.34. The highest BCUT2D eigenvalue weighted by molar-refractivity contribution is 5.90. The van der Waals surface area contributed by atoms with E-state index in [9.17, 15) is 22.8 Å². The van der Waals surface area contributed by atoms with Gasteiger partial charge in [0, 0.05) is 24.7 Å². The standard InChI is InChI=1S/C21H16F3N5O2/c1-12-26-20-16(11-25-29(20)15-5-2-13(22)3-6-15)21(31)28(12)9-8-19(30)27-14-4-7-17(23)18(24)10-14/h2-7,10-11H,8-9H2,1H3,(H,27,30). The van der Waals surface area contributed by atoms with Gasteiger partial charge in [-0.2, -0.15) is 5.10 Å². The first kappa shape index (κ1) is 20.3. The fourth-order valence-corrected chi connectivity index (χ4v) is 3.15. The molecule has 31 heavy (non-hydrogen) atoms. The normalized spacial score (nSPS) is 11.1. The summed E-state index contributed by atoms with van der Waals surface area (Å²) in [5.41, 5.74) is 0.599. The van der Waals surface area contributed by atoms with E-state index in [0.29, 0.717) is 17.2 Å². The number of fused-ring (bicyclic) bond motifs is 1. The Morgan fingerprint density at radius 3 is 2.52 bits per heavy atom. The molecule has 0 saturated heterocycles. The van der Waals surface area contributed by atoms with E-state index in [1.807, 2.05) is 0 Å². The number of hydrogen-bond donors (Lipinski definition) is 1. The van der Waals surface area contributed by atoms with Crippen LogP contribution in [0.4, 0.5) is 18.9 Å².